The van der Waals surface area contributed by atoms with E-state index in [0.717, 1.165) is 32.0 Å². The van der Waals surface area contributed by atoms with Gasteiger partial charge in [-0.15, -0.1) is 0 Å². The van der Waals surface area contributed by atoms with E-state index in [1.165, 1.54) is 0 Å². The lowest BCUT2D eigenvalue weighted by Crippen LogP contribution is -2.43. The number of hydrogen-bond acceptors (Lipinski definition) is 4. The van der Waals surface area contributed by atoms with Gasteiger partial charge in [0.25, 0.3) is 0 Å². The van der Waals surface area contributed by atoms with Crippen molar-refractivity contribution in [2.24, 2.45) is 0 Å². The van der Waals surface area contributed by atoms with Crippen LogP contribution in [0.5, 0.6) is 0 Å². The Morgan fingerprint density at radius 1 is 1.31 bits per heavy atom. The van der Waals surface area contributed by atoms with Crippen LogP contribution in [0.1, 0.15) is 19.4 Å². The SMILES string of the molecule is CC.N#Cc1ccc(N2CCNCC2)nc1. The summed E-state index contributed by atoms with van der Waals surface area (Å²) >= 11 is 0. The summed E-state index contributed by atoms with van der Waals surface area (Å²) in [4.78, 5) is 6.47. The molecule has 86 valence electrons. The first-order valence-electron chi connectivity index (χ1n) is 5.72. The molecule has 1 fully saturated rings. The first-order chi connectivity index (χ1) is 7.90. The number of nitriles is 1. The topological polar surface area (TPSA) is 52.0 Å². The summed E-state index contributed by atoms with van der Waals surface area (Å²) in [5.41, 5.74) is 0.615. The zero-order valence-corrected chi connectivity index (χ0v) is 9.90. The first-order valence-corrected chi connectivity index (χ1v) is 5.72. The molecule has 1 aromatic rings. The fourth-order valence-corrected chi connectivity index (χ4v) is 1.53. The van der Waals surface area contributed by atoms with Crippen LogP contribution in [0.4, 0.5) is 5.82 Å². The third-order valence-electron chi connectivity index (χ3n) is 2.32. The molecule has 1 saturated heterocycles. The van der Waals surface area contributed by atoms with E-state index >= 15 is 0 Å². The van der Waals surface area contributed by atoms with Gasteiger partial charge in [0, 0.05) is 32.4 Å². The summed E-state index contributed by atoms with van der Waals surface area (Å²) in [6, 6.07) is 5.78. The van der Waals surface area contributed by atoms with Gasteiger partial charge in [0.05, 0.1) is 5.56 Å². The van der Waals surface area contributed by atoms with Gasteiger partial charge < -0.3 is 10.2 Å². The maximum atomic E-state index is 8.63. The van der Waals surface area contributed by atoms with E-state index in [0.29, 0.717) is 5.56 Å². The van der Waals surface area contributed by atoms with Crippen molar-refractivity contribution in [1.29, 1.82) is 5.26 Å². The average molecular weight is 218 g/mol. The first kappa shape index (κ1) is 12.5. The summed E-state index contributed by atoms with van der Waals surface area (Å²) in [5.74, 6) is 0.963. The lowest BCUT2D eigenvalue weighted by molar-refractivity contribution is 0.585. The summed E-state index contributed by atoms with van der Waals surface area (Å²) in [6.45, 7) is 7.97. The summed E-state index contributed by atoms with van der Waals surface area (Å²) in [6.07, 6.45) is 1.62. The van der Waals surface area contributed by atoms with Crippen LogP contribution in [0.25, 0.3) is 0 Å². The van der Waals surface area contributed by atoms with E-state index in [4.69, 9.17) is 5.26 Å². The molecule has 1 aliphatic rings. The fraction of sp³-hybridized carbons (Fsp3) is 0.500. The summed E-state index contributed by atoms with van der Waals surface area (Å²) < 4.78 is 0. The molecule has 0 aromatic carbocycles. The van der Waals surface area contributed by atoms with Crippen LogP contribution < -0.4 is 10.2 Å². The molecule has 2 rings (SSSR count). The quantitative estimate of drug-likeness (QED) is 0.774. The molecule has 0 aliphatic carbocycles. The third kappa shape index (κ3) is 3.21. The number of pyridine rings is 1. The summed E-state index contributed by atoms with van der Waals surface area (Å²) in [5, 5.41) is 11.9. The summed E-state index contributed by atoms with van der Waals surface area (Å²) in [7, 11) is 0. The van der Waals surface area contributed by atoms with Crippen molar-refractivity contribution >= 4 is 5.82 Å². The molecule has 1 aliphatic heterocycles. The number of anilines is 1. The van der Waals surface area contributed by atoms with Gasteiger partial charge in [-0.1, -0.05) is 13.8 Å². The second kappa shape index (κ2) is 6.81. The molecule has 0 saturated carbocycles. The highest BCUT2D eigenvalue weighted by molar-refractivity contribution is 5.42. The minimum atomic E-state index is 0.615. The minimum Gasteiger partial charge on any atom is -0.354 e. The fourth-order valence-electron chi connectivity index (χ4n) is 1.53. The molecule has 4 nitrogen and oxygen atoms in total. The van der Waals surface area contributed by atoms with Crippen molar-refractivity contribution in [2.75, 3.05) is 31.1 Å². The Labute approximate surface area is 96.9 Å². The van der Waals surface area contributed by atoms with Gasteiger partial charge in [0.15, 0.2) is 0 Å². The van der Waals surface area contributed by atoms with Crippen molar-refractivity contribution in [3.8, 4) is 6.07 Å². The third-order valence-corrected chi connectivity index (χ3v) is 2.32. The molecule has 4 heteroatoms. The monoisotopic (exact) mass is 218 g/mol. The van der Waals surface area contributed by atoms with Gasteiger partial charge in [-0.3, -0.25) is 0 Å². The Hall–Kier alpha value is -1.60. The molecule has 2 heterocycles. The lowest BCUT2D eigenvalue weighted by atomic mass is 10.3. The Kier molecular flexibility index (Phi) is 5.30. The van der Waals surface area contributed by atoms with Crippen molar-refractivity contribution in [3.63, 3.8) is 0 Å². The predicted molar refractivity (Wildman–Crippen MR) is 65.4 cm³/mol. The molecule has 1 N–H and O–H groups in total. The van der Waals surface area contributed by atoms with Crippen LogP contribution in [0.2, 0.25) is 0 Å². The largest absolute Gasteiger partial charge is 0.354 e. The van der Waals surface area contributed by atoms with E-state index < -0.39 is 0 Å². The van der Waals surface area contributed by atoms with Gasteiger partial charge >= 0.3 is 0 Å². The molecule has 0 radical (unpaired) electrons. The predicted octanol–water partition coefficient (Wildman–Crippen LogP) is 1.39. The number of rotatable bonds is 1. The number of aromatic nitrogens is 1. The smallest absolute Gasteiger partial charge is 0.128 e. The van der Waals surface area contributed by atoms with Crippen LogP contribution in [0.3, 0.4) is 0 Å². The second-order valence-electron chi connectivity index (χ2n) is 3.25. The Morgan fingerprint density at radius 2 is 2.00 bits per heavy atom. The molecule has 16 heavy (non-hydrogen) atoms. The highest BCUT2D eigenvalue weighted by Gasteiger charge is 2.10. The average Bonchev–Trinajstić information content (AvgIpc) is 2.42. The highest BCUT2D eigenvalue weighted by Crippen LogP contribution is 2.11. The van der Waals surface area contributed by atoms with Crippen molar-refractivity contribution in [1.82, 2.24) is 10.3 Å². The molecule has 1 aromatic heterocycles. The number of piperazine rings is 1. The van der Waals surface area contributed by atoms with Crippen LogP contribution in [-0.4, -0.2) is 31.2 Å². The van der Waals surface area contributed by atoms with E-state index in [1.54, 1.807) is 6.20 Å². The standard InChI is InChI=1S/C10H12N4.C2H6/c11-7-9-1-2-10(13-8-9)14-5-3-12-4-6-14;1-2/h1-2,8,12H,3-6H2;1-2H3. The lowest BCUT2D eigenvalue weighted by Gasteiger charge is -2.28. The Balaban J connectivity index is 0.000000606. The maximum absolute atomic E-state index is 8.63. The molecular weight excluding hydrogens is 200 g/mol. The zero-order chi connectivity index (χ0) is 11.8. The molecule has 0 atom stereocenters. The highest BCUT2D eigenvalue weighted by atomic mass is 15.2. The molecule has 0 bridgehead atoms. The Bertz CT molecular complexity index is 333. The van der Waals surface area contributed by atoms with Crippen LogP contribution >= 0.6 is 0 Å². The van der Waals surface area contributed by atoms with E-state index in [2.05, 4.69) is 21.3 Å². The number of nitrogens with zero attached hydrogens (tertiary/aromatic N) is 3. The van der Waals surface area contributed by atoms with E-state index in [9.17, 15) is 0 Å². The van der Waals surface area contributed by atoms with E-state index in [-0.39, 0.29) is 0 Å². The van der Waals surface area contributed by atoms with Crippen molar-refractivity contribution < 1.29 is 0 Å². The normalized spacial score (nSPS) is 14.7. The number of nitrogens with one attached hydrogen (secondary N) is 1. The molecular formula is C12H18N4. The zero-order valence-electron chi connectivity index (χ0n) is 9.90. The van der Waals surface area contributed by atoms with Gasteiger partial charge in [-0.05, 0) is 12.1 Å². The van der Waals surface area contributed by atoms with Crippen LogP contribution in [0.15, 0.2) is 18.3 Å². The van der Waals surface area contributed by atoms with Gasteiger partial charge in [0.1, 0.15) is 11.9 Å². The van der Waals surface area contributed by atoms with Crippen LogP contribution in [-0.2, 0) is 0 Å². The van der Waals surface area contributed by atoms with Crippen LogP contribution in [0, 0.1) is 11.3 Å². The van der Waals surface area contributed by atoms with Gasteiger partial charge in [0.2, 0.25) is 0 Å². The minimum absolute atomic E-state index is 0.615. The van der Waals surface area contributed by atoms with Gasteiger partial charge in [-0.25, -0.2) is 4.98 Å². The van der Waals surface area contributed by atoms with E-state index in [1.807, 2.05) is 26.0 Å². The molecule has 0 spiro atoms. The van der Waals surface area contributed by atoms with Crippen molar-refractivity contribution in [3.05, 3.63) is 23.9 Å². The Morgan fingerprint density at radius 3 is 2.50 bits per heavy atom. The van der Waals surface area contributed by atoms with Gasteiger partial charge in [-0.2, -0.15) is 5.26 Å². The maximum Gasteiger partial charge on any atom is 0.128 e. The van der Waals surface area contributed by atoms with Crippen molar-refractivity contribution in [2.45, 2.75) is 13.8 Å². The number of hydrogen-bond donors (Lipinski definition) is 1. The molecule has 0 unspecified atom stereocenters. The second-order valence-corrected chi connectivity index (χ2v) is 3.25. The molecule has 0 amide bonds.